The van der Waals surface area contributed by atoms with Crippen molar-refractivity contribution in [2.75, 3.05) is 33.3 Å². The van der Waals surface area contributed by atoms with Crippen molar-refractivity contribution < 1.29 is 9.53 Å². The summed E-state index contributed by atoms with van der Waals surface area (Å²) in [6, 6.07) is 0.474. The fourth-order valence-electron chi connectivity index (χ4n) is 2.78. The number of ether oxygens (including phenoxy) is 1. The maximum absolute atomic E-state index is 12.3. The Balaban J connectivity index is 2.33. The summed E-state index contributed by atoms with van der Waals surface area (Å²) in [6.07, 6.45) is 4.06. The van der Waals surface area contributed by atoms with E-state index in [1.165, 1.54) is 12.8 Å². The van der Waals surface area contributed by atoms with Gasteiger partial charge in [0.15, 0.2) is 0 Å². The van der Waals surface area contributed by atoms with Crippen LogP contribution >= 0.6 is 0 Å². The topological polar surface area (TPSA) is 32.8 Å². The molecular formula is C19H38N2O2. The molecule has 1 heterocycles. The van der Waals surface area contributed by atoms with Gasteiger partial charge in [-0.1, -0.05) is 20.8 Å². The number of rotatable bonds is 7. The van der Waals surface area contributed by atoms with Crippen LogP contribution < -0.4 is 0 Å². The molecule has 1 rings (SSSR count). The van der Waals surface area contributed by atoms with Crippen molar-refractivity contribution in [3.8, 4) is 0 Å². The van der Waals surface area contributed by atoms with Crippen LogP contribution in [0.4, 0.5) is 0 Å². The Hall–Kier alpha value is -0.610. The lowest BCUT2D eigenvalue weighted by molar-refractivity contribution is -0.130. The van der Waals surface area contributed by atoms with E-state index in [0.29, 0.717) is 12.5 Å². The van der Waals surface area contributed by atoms with Gasteiger partial charge in [-0.3, -0.25) is 9.69 Å². The van der Waals surface area contributed by atoms with Crippen LogP contribution in [0.5, 0.6) is 0 Å². The molecule has 0 spiro atoms. The molecule has 0 radical (unpaired) electrons. The monoisotopic (exact) mass is 326 g/mol. The summed E-state index contributed by atoms with van der Waals surface area (Å²) in [6.45, 7) is 16.5. The molecule has 1 saturated heterocycles. The van der Waals surface area contributed by atoms with Crippen LogP contribution in [0.3, 0.4) is 0 Å². The minimum atomic E-state index is -0.0861. The van der Waals surface area contributed by atoms with Gasteiger partial charge in [0.25, 0.3) is 0 Å². The van der Waals surface area contributed by atoms with E-state index in [4.69, 9.17) is 4.74 Å². The molecule has 1 aliphatic heterocycles. The van der Waals surface area contributed by atoms with Crippen LogP contribution in [0.25, 0.3) is 0 Å². The van der Waals surface area contributed by atoms with Gasteiger partial charge in [0.2, 0.25) is 5.91 Å². The second kappa shape index (κ2) is 8.48. The highest BCUT2D eigenvalue weighted by atomic mass is 16.5. The molecule has 0 saturated carbocycles. The third-order valence-electron chi connectivity index (χ3n) is 4.44. The van der Waals surface area contributed by atoms with Crippen molar-refractivity contribution in [1.29, 1.82) is 0 Å². The number of carbonyl (C=O) groups is 1. The molecule has 0 unspecified atom stereocenters. The van der Waals surface area contributed by atoms with E-state index >= 15 is 0 Å². The van der Waals surface area contributed by atoms with Crippen molar-refractivity contribution in [2.45, 2.75) is 78.9 Å². The van der Waals surface area contributed by atoms with Gasteiger partial charge in [-0.05, 0) is 52.0 Å². The Morgan fingerprint density at radius 1 is 1.22 bits per heavy atom. The van der Waals surface area contributed by atoms with E-state index in [1.807, 2.05) is 11.9 Å². The van der Waals surface area contributed by atoms with Crippen LogP contribution in [-0.4, -0.2) is 60.6 Å². The molecular weight excluding hydrogens is 288 g/mol. The molecule has 1 atom stereocenters. The zero-order valence-electron chi connectivity index (χ0n) is 16.4. The standard InChI is InChI=1S/C19H38N2O2/c1-18(2,3)11-14-20(7)17(22)10-13-21-12-8-9-16(21)15-23-19(4,5)6/h16H,8-15H2,1-7H3/t16-/m0/s1. The van der Waals surface area contributed by atoms with Gasteiger partial charge in [-0.2, -0.15) is 0 Å². The largest absolute Gasteiger partial charge is 0.374 e. The molecule has 1 amide bonds. The first-order chi connectivity index (χ1) is 10.5. The molecule has 0 N–H and O–H groups in total. The van der Waals surface area contributed by atoms with Gasteiger partial charge in [0.05, 0.1) is 12.2 Å². The average molecular weight is 327 g/mol. The van der Waals surface area contributed by atoms with Crippen LogP contribution in [0.1, 0.15) is 67.2 Å². The predicted molar refractivity (Wildman–Crippen MR) is 96.6 cm³/mol. The van der Waals surface area contributed by atoms with E-state index in [-0.39, 0.29) is 16.9 Å². The minimum absolute atomic E-state index is 0.0861. The SMILES string of the molecule is CN(CCC(C)(C)C)C(=O)CCN1CCC[C@H]1COC(C)(C)C. The Labute approximate surface area is 143 Å². The Morgan fingerprint density at radius 3 is 2.43 bits per heavy atom. The first-order valence-electron chi connectivity index (χ1n) is 9.10. The average Bonchev–Trinajstić information content (AvgIpc) is 2.85. The zero-order valence-corrected chi connectivity index (χ0v) is 16.4. The lowest BCUT2D eigenvalue weighted by atomic mass is 9.92. The highest BCUT2D eigenvalue weighted by Crippen LogP contribution is 2.21. The van der Waals surface area contributed by atoms with Crippen molar-refractivity contribution in [3.63, 3.8) is 0 Å². The van der Waals surface area contributed by atoms with E-state index in [9.17, 15) is 4.79 Å². The first-order valence-corrected chi connectivity index (χ1v) is 9.10. The second-order valence-electron chi connectivity index (χ2n) is 9.13. The van der Waals surface area contributed by atoms with Gasteiger partial charge < -0.3 is 9.64 Å². The van der Waals surface area contributed by atoms with E-state index in [2.05, 4.69) is 46.4 Å². The van der Waals surface area contributed by atoms with Gasteiger partial charge in [0.1, 0.15) is 0 Å². The van der Waals surface area contributed by atoms with E-state index in [1.54, 1.807) is 0 Å². The van der Waals surface area contributed by atoms with Crippen LogP contribution in [0.2, 0.25) is 0 Å². The summed E-state index contributed by atoms with van der Waals surface area (Å²) >= 11 is 0. The second-order valence-corrected chi connectivity index (χ2v) is 9.13. The highest BCUT2D eigenvalue weighted by molar-refractivity contribution is 5.76. The number of likely N-dealkylation sites (tertiary alicyclic amines) is 1. The molecule has 4 nitrogen and oxygen atoms in total. The zero-order chi connectivity index (χ0) is 17.7. The number of carbonyl (C=O) groups excluding carboxylic acids is 1. The van der Waals surface area contributed by atoms with E-state index < -0.39 is 0 Å². The van der Waals surface area contributed by atoms with Gasteiger partial charge in [-0.25, -0.2) is 0 Å². The lowest BCUT2D eigenvalue weighted by Crippen LogP contribution is -2.39. The highest BCUT2D eigenvalue weighted by Gasteiger charge is 2.27. The molecule has 1 aliphatic rings. The summed E-state index contributed by atoms with van der Waals surface area (Å²) < 4.78 is 5.94. The van der Waals surface area contributed by atoms with Crippen molar-refractivity contribution in [1.82, 2.24) is 9.80 Å². The summed E-state index contributed by atoms with van der Waals surface area (Å²) in [4.78, 5) is 16.6. The molecule has 4 heteroatoms. The van der Waals surface area contributed by atoms with Crippen molar-refractivity contribution in [3.05, 3.63) is 0 Å². The van der Waals surface area contributed by atoms with Gasteiger partial charge >= 0.3 is 0 Å². The summed E-state index contributed by atoms with van der Waals surface area (Å²) in [5.74, 6) is 0.261. The summed E-state index contributed by atoms with van der Waals surface area (Å²) in [7, 11) is 1.93. The third-order valence-corrected chi connectivity index (χ3v) is 4.44. The molecule has 0 aliphatic carbocycles. The molecule has 136 valence electrons. The van der Waals surface area contributed by atoms with Crippen LogP contribution in [0.15, 0.2) is 0 Å². The molecule has 0 aromatic heterocycles. The maximum Gasteiger partial charge on any atom is 0.223 e. The predicted octanol–water partition coefficient (Wildman–Crippen LogP) is 3.55. The maximum atomic E-state index is 12.3. The number of nitrogens with zero attached hydrogens (tertiary/aromatic N) is 2. The number of amides is 1. The van der Waals surface area contributed by atoms with E-state index in [0.717, 1.165) is 32.7 Å². The van der Waals surface area contributed by atoms with Crippen molar-refractivity contribution in [2.24, 2.45) is 5.41 Å². The smallest absolute Gasteiger partial charge is 0.223 e. The molecule has 1 fully saturated rings. The fraction of sp³-hybridized carbons (Fsp3) is 0.947. The summed E-state index contributed by atoms with van der Waals surface area (Å²) in [5, 5.41) is 0. The minimum Gasteiger partial charge on any atom is -0.374 e. The quantitative estimate of drug-likeness (QED) is 0.717. The number of hydrogen-bond acceptors (Lipinski definition) is 3. The Kier molecular flexibility index (Phi) is 7.53. The fourth-order valence-corrected chi connectivity index (χ4v) is 2.78. The Morgan fingerprint density at radius 2 is 1.87 bits per heavy atom. The Bertz CT molecular complexity index is 369. The van der Waals surface area contributed by atoms with Crippen LogP contribution in [-0.2, 0) is 9.53 Å². The van der Waals surface area contributed by atoms with Gasteiger partial charge in [0, 0.05) is 32.6 Å². The van der Waals surface area contributed by atoms with Crippen molar-refractivity contribution >= 4 is 5.91 Å². The first kappa shape index (κ1) is 20.4. The molecule has 0 aromatic carbocycles. The number of hydrogen-bond donors (Lipinski definition) is 0. The third kappa shape index (κ3) is 8.71. The summed E-state index contributed by atoms with van der Waals surface area (Å²) in [5.41, 5.74) is 0.191. The molecule has 23 heavy (non-hydrogen) atoms. The van der Waals surface area contributed by atoms with Crippen LogP contribution in [0, 0.1) is 5.41 Å². The molecule has 0 aromatic rings. The molecule has 0 bridgehead atoms. The lowest BCUT2D eigenvalue weighted by Gasteiger charge is -2.29. The normalized spacial score (nSPS) is 20.0. The van der Waals surface area contributed by atoms with Gasteiger partial charge in [-0.15, -0.1) is 0 Å².